The van der Waals surface area contributed by atoms with Gasteiger partial charge in [-0.25, -0.2) is 0 Å². The van der Waals surface area contributed by atoms with Crippen molar-refractivity contribution in [2.45, 2.75) is 38.5 Å². The standard InChI is InChI=1S/C9H15FO2/c10-7-6-9(8(11)12)4-2-1-3-5-9/h1-7H2,(H,11,12). The second-order valence-electron chi connectivity index (χ2n) is 3.59. The number of halogens is 1. The Bertz CT molecular complexity index is 156. The fraction of sp³-hybridized carbons (Fsp3) is 0.889. The minimum Gasteiger partial charge on any atom is -0.481 e. The van der Waals surface area contributed by atoms with Crippen LogP contribution in [0.4, 0.5) is 4.39 Å². The first kappa shape index (κ1) is 9.49. The Hall–Kier alpha value is -0.600. The molecule has 1 rings (SSSR count). The van der Waals surface area contributed by atoms with Crippen LogP contribution in [0.5, 0.6) is 0 Å². The van der Waals surface area contributed by atoms with E-state index in [1.165, 1.54) is 0 Å². The predicted molar refractivity (Wildman–Crippen MR) is 43.7 cm³/mol. The highest BCUT2D eigenvalue weighted by Gasteiger charge is 2.38. The van der Waals surface area contributed by atoms with E-state index in [1.807, 2.05) is 0 Å². The molecule has 1 aliphatic rings. The molecule has 1 aliphatic carbocycles. The summed E-state index contributed by atoms with van der Waals surface area (Å²) in [6, 6.07) is 0. The number of rotatable bonds is 3. The molecule has 1 fully saturated rings. The molecule has 70 valence electrons. The van der Waals surface area contributed by atoms with E-state index in [9.17, 15) is 9.18 Å². The van der Waals surface area contributed by atoms with Gasteiger partial charge in [0.1, 0.15) is 0 Å². The monoisotopic (exact) mass is 174 g/mol. The van der Waals surface area contributed by atoms with Gasteiger partial charge >= 0.3 is 5.97 Å². The van der Waals surface area contributed by atoms with Gasteiger partial charge in [0.15, 0.2) is 0 Å². The Balaban J connectivity index is 2.63. The van der Waals surface area contributed by atoms with E-state index in [0.29, 0.717) is 12.8 Å². The summed E-state index contributed by atoms with van der Waals surface area (Å²) < 4.78 is 12.1. The topological polar surface area (TPSA) is 37.3 Å². The number of hydrogen-bond donors (Lipinski definition) is 1. The SMILES string of the molecule is O=C(O)C1(CCF)CCCCC1. The number of alkyl halides is 1. The van der Waals surface area contributed by atoms with Crippen LogP contribution >= 0.6 is 0 Å². The van der Waals surface area contributed by atoms with Gasteiger partial charge in [0.2, 0.25) is 0 Å². The van der Waals surface area contributed by atoms with E-state index in [4.69, 9.17) is 5.11 Å². The molecule has 0 atom stereocenters. The van der Waals surface area contributed by atoms with Crippen molar-refractivity contribution in [2.75, 3.05) is 6.67 Å². The maximum absolute atomic E-state index is 12.1. The fourth-order valence-electron chi connectivity index (χ4n) is 1.98. The number of carboxylic acid groups (broad SMARTS) is 1. The van der Waals surface area contributed by atoms with Crippen molar-refractivity contribution in [2.24, 2.45) is 5.41 Å². The Labute approximate surface area is 71.8 Å². The van der Waals surface area contributed by atoms with Crippen molar-refractivity contribution in [1.82, 2.24) is 0 Å². The highest BCUT2D eigenvalue weighted by atomic mass is 19.1. The van der Waals surface area contributed by atoms with E-state index in [0.717, 1.165) is 19.3 Å². The molecule has 0 bridgehead atoms. The molecule has 0 aromatic rings. The van der Waals surface area contributed by atoms with Crippen LogP contribution in [0.1, 0.15) is 38.5 Å². The fourth-order valence-corrected chi connectivity index (χ4v) is 1.98. The number of hydrogen-bond acceptors (Lipinski definition) is 1. The van der Waals surface area contributed by atoms with E-state index < -0.39 is 18.1 Å². The first-order valence-electron chi connectivity index (χ1n) is 4.51. The molecule has 0 aliphatic heterocycles. The van der Waals surface area contributed by atoms with E-state index in [-0.39, 0.29) is 6.42 Å². The second kappa shape index (κ2) is 3.87. The minimum atomic E-state index is -0.806. The molecule has 1 N–H and O–H groups in total. The van der Waals surface area contributed by atoms with E-state index in [2.05, 4.69) is 0 Å². The summed E-state index contributed by atoms with van der Waals surface area (Å²) in [5.74, 6) is -0.806. The quantitative estimate of drug-likeness (QED) is 0.713. The summed E-state index contributed by atoms with van der Waals surface area (Å²) in [6.07, 6.45) is 4.49. The van der Waals surface area contributed by atoms with Crippen molar-refractivity contribution in [3.05, 3.63) is 0 Å². The highest BCUT2D eigenvalue weighted by Crippen LogP contribution is 2.39. The average molecular weight is 174 g/mol. The summed E-state index contributed by atoms with van der Waals surface area (Å²) in [5, 5.41) is 8.95. The van der Waals surface area contributed by atoms with Crippen molar-refractivity contribution < 1.29 is 14.3 Å². The maximum Gasteiger partial charge on any atom is 0.309 e. The molecular formula is C9H15FO2. The van der Waals surface area contributed by atoms with Crippen molar-refractivity contribution in [3.63, 3.8) is 0 Å². The summed E-state index contributed by atoms with van der Waals surface area (Å²) >= 11 is 0. The summed E-state index contributed by atoms with van der Waals surface area (Å²) in [7, 11) is 0. The Morgan fingerprint density at radius 3 is 2.33 bits per heavy atom. The first-order valence-corrected chi connectivity index (χ1v) is 4.51. The maximum atomic E-state index is 12.1. The zero-order chi connectivity index (χ0) is 9.03. The van der Waals surface area contributed by atoms with Gasteiger partial charge in [-0.15, -0.1) is 0 Å². The van der Waals surface area contributed by atoms with Crippen LogP contribution in [0.15, 0.2) is 0 Å². The molecule has 3 heteroatoms. The van der Waals surface area contributed by atoms with Crippen LogP contribution in [-0.2, 0) is 4.79 Å². The number of aliphatic carboxylic acids is 1. The molecule has 0 spiro atoms. The minimum absolute atomic E-state index is 0.197. The lowest BCUT2D eigenvalue weighted by atomic mass is 9.72. The van der Waals surface area contributed by atoms with Gasteiger partial charge in [-0.1, -0.05) is 19.3 Å². The van der Waals surface area contributed by atoms with E-state index in [1.54, 1.807) is 0 Å². The molecule has 1 saturated carbocycles. The third kappa shape index (κ3) is 1.76. The summed E-state index contributed by atoms with van der Waals surface area (Å²) in [6.45, 7) is -0.508. The van der Waals surface area contributed by atoms with Gasteiger partial charge in [0, 0.05) is 0 Å². The molecule has 0 aromatic carbocycles. The Morgan fingerprint density at radius 1 is 1.33 bits per heavy atom. The largest absolute Gasteiger partial charge is 0.481 e. The van der Waals surface area contributed by atoms with Gasteiger partial charge in [0.05, 0.1) is 12.1 Å². The van der Waals surface area contributed by atoms with Crippen LogP contribution in [0.2, 0.25) is 0 Å². The lowest BCUT2D eigenvalue weighted by Crippen LogP contribution is -2.33. The third-order valence-corrected chi connectivity index (χ3v) is 2.84. The molecule has 0 radical (unpaired) electrons. The van der Waals surface area contributed by atoms with Gasteiger partial charge in [-0.05, 0) is 19.3 Å². The van der Waals surface area contributed by atoms with Crippen LogP contribution < -0.4 is 0 Å². The average Bonchev–Trinajstić information content (AvgIpc) is 2.06. The molecule has 0 heterocycles. The smallest absolute Gasteiger partial charge is 0.309 e. The van der Waals surface area contributed by atoms with Crippen molar-refractivity contribution in [1.29, 1.82) is 0 Å². The van der Waals surface area contributed by atoms with Gasteiger partial charge in [-0.2, -0.15) is 0 Å². The molecule has 0 amide bonds. The molecule has 2 nitrogen and oxygen atoms in total. The highest BCUT2D eigenvalue weighted by molar-refractivity contribution is 5.74. The van der Waals surface area contributed by atoms with Crippen LogP contribution in [-0.4, -0.2) is 17.8 Å². The lowest BCUT2D eigenvalue weighted by Gasteiger charge is -2.32. The second-order valence-corrected chi connectivity index (χ2v) is 3.59. The third-order valence-electron chi connectivity index (χ3n) is 2.84. The molecule has 0 saturated heterocycles. The summed E-state index contributed by atoms with van der Waals surface area (Å²) in [4.78, 5) is 10.9. The molecule has 12 heavy (non-hydrogen) atoms. The molecular weight excluding hydrogens is 159 g/mol. The van der Waals surface area contributed by atoms with Gasteiger partial charge in [-0.3, -0.25) is 9.18 Å². The lowest BCUT2D eigenvalue weighted by molar-refractivity contribution is -0.151. The first-order chi connectivity index (χ1) is 5.71. The Kier molecular flexibility index (Phi) is 3.06. The zero-order valence-electron chi connectivity index (χ0n) is 7.18. The molecule has 0 aromatic heterocycles. The van der Waals surface area contributed by atoms with Gasteiger partial charge in [0.25, 0.3) is 0 Å². The van der Waals surface area contributed by atoms with Crippen LogP contribution in [0, 0.1) is 5.41 Å². The molecule has 0 unspecified atom stereocenters. The number of carbonyl (C=O) groups is 1. The van der Waals surface area contributed by atoms with Gasteiger partial charge < -0.3 is 5.11 Å². The van der Waals surface area contributed by atoms with Crippen molar-refractivity contribution in [3.8, 4) is 0 Å². The normalized spacial score (nSPS) is 22.1. The zero-order valence-corrected chi connectivity index (χ0v) is 7.18. The number of carboxylic acids is 1. The van der Waals surface area contributed by atoms with E-state index >= 15 is 0 Å². The Morgan fingerprint density at radius 2 is 1.92 bits per heavy atom. The van der Waals surface area contributed by atoms with Crippen molar-refractivity contribution >= 4 is 5.97 Å². The predicted octanol–water partition coefficient (Wildman–Crippen LogP) is 2.38. The van der Waals surface area contributed by atoms with Crippen LogP contribution in [0.3, 0.4) is 0 Å². The van der Waals surface area contributed by atoms with Crippen LogP contribution in [0.25, 0.3) is 0 Å². The summed E-state index contributed by atoms with van der Waals surface area (Å²) in [5.41, 5.74) is -0.729.